The normalized spacial score (nSPS) is 26.3. The average Bonchev–Trinajstić information content (AvgIpc) is 2.53. The van der Waals surface area contributed by atoms with Crippen molar-refractivity contribution in [3.8, 4) is 0 Å². The average molecular weight is 388 g/mol. The molecular weight excluding hydrogens is 369 g/mol. The molecule has 0 spiro atoms. The van der Waals surface area contributed by atoms with Gasteiger partial charge >= 0.3 is 6.18 Å². The van der Waals surface area contributed by atoms with E-state index < -0.39 is 22.9 Å². The Kier molecular flexibility index (Phi) is 5.21. The van der Waals surface area contributed by atoms with Crippen LogP contribution in [0.3, 0.4) is 0 Å². The van der Waals surface area contributed by atoms with E-state index in [0.717, 1.165) is 23.9 Å². The van der Waals surface area contributed by atoms with Gasteiger partial charge in [-0.25, -0.2) is 0 Å². The van der Waals surface area contributed by atoms with Crippen LogP contribution in [0.1, 0.15) is 25.8 Å². The fraction of sp³-hybridized carbons (Fsp3) is 0.529. The molecule has 9 heteroatoms. The summed E-state index contributed by atoms with van der Waals surface area (Å²) in [4.78, 5) is 27.0. The Hall–Kier alpha value is -1.74. The second-order valence-electron chi connectivity index (χ2n) is 6.56. The zero-order valence-corrected chi connectivity index (χ0v) is 15.1. The number of hydrogen-bond acceptors (Lipinski definition) is 4. The maximum absolute atomic E-state index is 12.8. The summed E-state index contributed by atoms with van der Waals surface area (Å²) in [6.45, 7) is 4.69. The van der Waals surface area contributed by atoms with Gasteiger partial charge in [-0.05, 0) is 32.0 Å². The summed E-state index contributed by atoms with van der Waals surface area (Å²) in [5.74, 6) is -0.612. The second kappa shape index (κ2) is 7.11. The number of benzene rings is 1. The van der Waals surface area contributed by atoms with Crippen molar-refractivity contribution in [2.45, 2.75) is 48.8 Å². The summed E-state index contributed by atoms with van der Waals surface area (Å²) >= 11 is 1.12. The van der Waals surface area contributed by atoms with Crippen molar-refractivity contribution in [1.29, 1.82) is 0 Å². The van der Waals surface area contributed by atoms with Gasteiger partial charge in [-0.2, -0.15) is 13.2 Å². The second-order valence-corrected chi connectivity index (χ2v) is 7.81. The van der Waals surface area contributed by atoms with Crippen LogP contribution < -0.4 is 5.32 Å². The number of alkyl halides is 3. The molecule has 0 aromatic heterocycles. The minimum Gasteiger partial charge on any atom is -0.372 e. The number of nitrogens with zero attached hydrogens (tertiary/aromatic N) is 1. The van der Waals surface area contributed by atoms with Gasteiger partial charge in [-0.15, -0.1) is 11.8 Å². The van der Waals surface area contributed by atoms with Crippen molar-refractivity contribution in [2.24, 2.45) is 0 Å². The Morgan fingerprint density at radius 1 is 1.31 bits per heavy atom. The Labute approximate surface area is 153 Å². The quantitative estimate of drug-likeness (QED) is 0.846. The van der Waals surface area contributed by atoms with Crippen molar-refractivity contribution in [3.63, 3.8) is 0 Å². The van der Waals surface area contributed by atoms with Crippen LogP contribution in [0.15, 0.2) is 23.1 Å². The number of carbonyl (C=O) groups excluding carboxylic acids is 2. The third-order valence-electron chi connectivity index (χ3n) is 4.26. The number of hydrogen-bond donors (Lipinski definition) is 1. The van der Waals surface area contributed by atoms with Crippen LogP contribution >= 0.6 is 11.8 Å². The van der Waals surface area contributed by atoms with Gasteiger partial charge < -0.3 is 15.0 Å². The van der Waals surface area contributed by atoms with Crippen molar-refractivity contribution in [2.75, 3.05) is 18.4 Å². The number of morpholine rings is 1. The highest BCUT2D eigenvalue weighted by Gasteiger charge is 2.35. The number of nitrogens with one attached hydrogen (secondary N) is 1. The first-order chi connectivity index (χ1) is 12.1. The lowest BCUT2D eigenvalue weighted by Gasteiger charge is -2.36. The summed E-state index contributed by atoms with van der Waals surface area (Å²) < 4.78 is 44.0. The standard InChI is InChI=1S/C17H19F3N2O3S/c1-9-7-22(8-10(2)25-9)15(23)6-14-16(24)21-12-5-11(17(18,19)20)3-4-13(12)26-14/h3-5,9-10,14H,6-8H2,1-2H3,(H,21,24)/t9-,10+,14-/m1/s1. The molecule has 0 bridgehead atoms. The lowest BCUT2D eigenvalue weighted by atomic mass is 10.1. The molecule has 0 saturated carbocycles. The number of carbonyl (C=O) groups is 2. The highest BCUT2D eigenvalue weighted by molar-refractivity contribution is 8.01. The molecule has 3 atom stereocenters. The van der Waals surface area contributed by atoms with Crippen LogP contribution in [0.25, 0.3) is 0 Å². The summed E-state index contributed by atoms with van der Waals surface area (Å²) in [5, 5.41) is 1.83. The minimum absolute atomic E-state index is 0.00357. The highest BCUT2D eigenvalue weighted by atomic mass is 32.2. The zero-order valence-electron chi connectivity index (χ0n) is 14.3. The molecule has 1 aromatic carbocycles. The molecule has 142 valence electrons. The van der Waals surface area contributed by atoms with Crippen LogP contribution in [-0.2, 0) is 20.5 Å². The smallest absolute Gasteiger partial charge is 0.372 e. The van der Waals surface area contributed by atoms with E-state index in [1.807, 2.05) is 13.8 Å². The lowest BCUT2D eigenvalue weighted by Crippen LogP contribution is -2.49. The van der Waals surface area contributed by atoms with Gasteiger partial charge in [0.2, 0.25) is 11.8 Å². The number of fused-ring (bicyclic) bond motifs is 1. The minimum atomic E-state index is -4.47. The van der Waals surface area contributed by atoms with Gasteiger partial charge in [0, 0.05) is 24.4 Å². The van der Waals surface area contributed by atoms with Gasteiger partial charge in [0.1, 0.15) is 0 Å². The topological polar surface area (TPSA) is 58.6 Å². The van der Waals surface area contributed by atoms with Crippen molar-refractivity contribution < 1.29 is 27.5 Å². The number of thioether (sulfide) groups is 1. The van der Waals surface area contributed by atoms with E-state index in [9.17, 15) is 22.8 Å². The van der Waals surface area contributed by atoms with E-state index in [-0.39, 0.29) is 30.2 Å². The molecule has 2 heterocycles. The van der Waals surface area contributed by atoms with E-state index in [1.165, 1.54) is 6.07 Å². The number of anilines is 1. The third-order valence-corrected chi connectivity index (χ3v) is 5.53. The molecule has 1 saturated heterocycles. The number of amides is 2. The first-order valence-electron chi connectivity index (χ1n) is 8.25. The first kappa shape index (κ1) is 19.0. The van der Waals surface area contributed by atoms with E-state index in [2.05, 4.69) is 5.32 Å². The van der Waals surface area contributed by atoms with Gasteiger partial charge in [0.05, 0.1) is 28.7 Å². The first-order valence-corrected chi connectivity index (χ1v) is 9.13. The van der Waals surface area contributed by atoms with E-state index >= 15 is 0 Å². The van der Waals surface area contributed by atoms with E-state index in [0.29, 0.717) is 18.0 Å². The van der Waals surface area contributed by atoms with Gasteiger partial charge in [0.25, 0.3) is 0 Å². The predicted molar refractivity (Wildman–Crippen MR) is 90.9 cm³/mol. The van der Waals surface area contributed by atoms with Crippen LogP contribution in [0, 0.1) is 0 Å². The monoisotopic (exact) mass is 388 g/mol. The van der Waals surface area contributed by atoms with Crippen LogP contribution in [-0.4, -0.2) is 47.3 Å². The molecule has 0 radical (unpaired) electrons. The number of rotatable bonds is 2. The number of halogens is 3. The fourth-order valence-electron chi connectivity index (χ4n) is 3.13. The lowest BCUT2D eigenvalue weighted by molar-refractivity contribution is -0.143. The molecule has 1 aromatic rings. The van der Waals surface area contributed by atoms with Crippen LogP contribution in [0.5, 0.6) is 0 Å². The summed E-state index contributed by atoms with van der Waals surface area (Å²) in [6.07, 6.45) is -4.62. The predicted octanol–water partition coefficient (Wildman–Crippen LogP) is 3.14. The molecule has 26 heavy (non-hydrogen) atoms. The summed E-state index contributed by atoms with van der Waals surface area (Å²) in [7, 11) is 0. The molecule has 3 rings (SSSR count). The Morgan fingerprint density at radius 2 is 1.96 bits per heavy atom. The molecule has 1 fully saturated rings. The summed E-state index contributed by atoms with van der Waals surface area (Å²) in [6, 6.07) is 3.23. The molecular formula is C17H19F3N2O3S. The molecule has 5 nitrogen and oxygen atoms in total. The summed E-state index contributed by atoms with van der Waals surface area (Å²) in [5.41, 5.74) is -0.685. The SMILES string of the molecule is C[C@@H]1CN(C(=O)C[C@H]2Sc3ccc(C(F)(F)F)cc3NC2=O)C[C@H](C)O1. The molecule has 0 unspecified atom stereocenters. The molecule has 1 N–H and O–H groups in total. The van der Waals surface area contributed by atoms with Crippen molar-refractivity contribution >= 4 is 29.3 Å². The molecule has 0 aliphatic carbocycles. The Bertz CT molecular complexity index is 716. The zero-order chi connectivity index (χ0) is 19.1. The van der Waals surface area contributed by atoms with Crippen molar-refractivity contribution in [1.82, 2.24) is 4.90 Å². The molecule has 2 aliphatic heterocycles. The largest absolute Gasteiger partial charge is 0.416 e. The molecule has 2 aliphatic rings. The third kappa shape index (κ3) is 4.15. The van der Waals surface area contributed by atoms with E-state index in [4.69, 9.17) is 4.74 Å². The van der Waals surface area contributed by atoms with E-state index in [1.54, 1.807) is 4.90 Å². The maximum Gasteiger partial charge on any atom is 0.416 e. The van der Waals surface area contributed by atoms with Crippen LogP contribution in [0.4, 0.5) is 18.9 Å². The molecule has 2 amide bonds. The van der Waals surface area contributed by atoms with Gasteiger partial charge in [-0.3, -0.25) is 9.59 Å². The highest BCUT2D eigenvalue weighted by Crippen LogP contribution is 2.40. The van der Waals surface area contributed by atoms with Crippen LogP contribution in [0.2, 0.25) is 0 Å². The van der Waals surface area contributed by atoms with Gasteiger partial charge in [0.15, 0.2) is 0 Å². The van der Waals surface area contributed by atoms with Gasteiger partial charge in [-0.1, -0.05) is 0 Å². The maximum atomic E-state index is 12.8. The Morgan fingerprint density at radius 3 is 2.58 bits per heavy atom. The Balaban J connectivity index is 1.69. The number of ether oxygens (including phenoxy) is 1. The fourth-order valence-corrected chi connectivity index (χ4v) is 4.21. The van der Waals surface area contributed by atoms with Crippen molar-refractivity contribution in [3.05, 3.63) is 23.8 Å².